The number of methoxy groups -OCH3 is 1. The highest BCUT2D eigenvalue weighted by molar-refractivity contribution is 5.76. The molecule has 0 radical (unpaired) electrons. The van der Waals surface area contributed by atoms with Crippen LogP contribution in [0.3, 0.4) is 0 Å². The molecule has 1 amide bonds. The second-order valence-corrected chi connectivity index (χ2v) is 6.44. The van der Waals surface area contributed by atoms with E-state index in [9.17, 15) is 4.79 Å². The van der Waals surface area contributed by atoms with E-state index in [1.807, 2.05) is 72.4 Å². The molecule has 0 aliphatic rings. The molecule has 0 saturated heterocycles. The van der Waals surface area contributed by atoms with Gasteiger partial charge >= 0.3 is 0 Å². The summed E-state index contributed by atoms with van der Waals surface area (Å²) in [4.78, 5) is 16.9. The molecule has 2 aromatic carbocycles. The number of nitrogens with one attached hydrogen (secondary N) is 1. The molecular weight excluding hydrogens is 354 g/mol. The van der Waals surface area contributed by atoms with Gasteiger partial charge in [0, 0.05) is 25.9 Å². The van der Waals surface area contributed by atoms with Crippen molar-refractivity contribution in [3.8, 4) is 11.5 Å². The predicted octanol–water partition coefficient (Wildman–Crippen LogP) is 3.49. The molecule has 1 N–H and O–H groups in total. The van der Waals surface area contributed by atoms with E-state index in [0.29, 0.717) is 19.4 Å². The number of carbonyl (C=O) groups excluding carboxylic acids is 1. The minimum atomic E-state index is -0.281. The number of amides is 1. The molecule has 1 aromatic heterocycles. The van der Waals surface area contributed by atoms with Crippen molar-refractivity contribution in [2.24, 2.45) is 7.05 Å². The monoisotopic (exact) mass is 379 g/mol. The van der Waals surface area contributed by atoms with Gasteiger partial charge in [0.1, 0.15) is 23.4 Å². The molecule has 0 aliphatic heterocycles. The molecule has 6 nitrogen and oxygen atoms in total. The van der Waals surface area contributed by atoms with Crippen LogP contribution in [0.4, 0.5) is 0 Å². The zero-order valence-electron chi connectivity index (χ0n) is 16.2. The number of benzene rings is 2. The average molecular weight is 379 g/mol. The Morgan fingerprint density at radius 3 is 2.46 bits per heavy atom. The Morgan fingerprint density at radius 1 is 1.11 bits per heavy atom. The molecule has 1 heterocycles. The summed E-state index contributed by atoms with van der Waals surface area (Å²) in [5.74, 6) is 2.31. The first kappa shape index (κ1) is 19.5. The predicted molar refractivity (Wildman–Crippen MR) is 107 cm³/mol. The van der Waals surface area contributed by atoms with E-state index >= 15 is 0 Å². The Morgan fingerprint density at radius 2 is 1.82 bits per heavy atom. The van der Waals surface area contributed by atoms with Gasteiger partial charge in [0.2, 0.25) is 5.91 Å². The van der Waals surface area contributed by atoms with E-state index in [1.54, 1.807) is 13.3 Å². The van der Waals surface area contributed by atoms with Gasteiger partial charge in [0.05, 0.1) is 13.7 Å². The largest absolute Gasteiger partial charge is 0.497 e. The summed E-state index contributed by atoms with van der Waals surface area (Å²) in [5, 5.41) is 3.10. The van der Waals surface area contributed by atoms with Crippen LogP contribution in [0.15, 0.2) is 67.0 Å². The quantitative estimate of drug-likeness (QED) is 0.578. The molecule has 1 atom stereocenters. The average Bonchev–Trinajstić information content (AvgIpc) is 3.16. The molecular formula is C22H25N3O3. The highest BCUT2D eigenvalue weighted by Crippen LogP contribution is 2.20. The number of imidazole rings is 1. The first-order valence-corrected chi connectivity index (χ1v) is 9.26. The fourth-order valence-electron chi connectivity index (χ4n) is 2.93. The Hall–Kier alpha value is -3.28. The van der Waals surface area contributed by atoms with Gasteiger partial charge in [-0.3, -0.25) is 4.79 Å². The summed E-state index contributed by atoms with van der Waals surface area (Å²) >= 11 is 0. The fourth-order valence-corrected chi connectivity index (χ4v) is 2.93. The Kier molecular flexibility index (Phi) is 6.68. The van der Waals surface area contributed by atoms with Crippen molar-refractivity contribution < 1.29 is 14.3 Å². The van der Waals surface area contributed by atoms with Crippen LogP contribution in [0.1, 0.15) is 30.3 Å². The van der Waals surface area contributed by atoms with Crippen LogP contribution in [0.2, 0.25) is 0 Å². The highest BCUT2D eigenvalue weighted by atomic mass is 16.5. The molecule has 0 saturated carbocycles. The van der Waals surface area contributed by atoms with E-state index < -0.39 is 0 Å². The number of ether oxygens (including phenoxy) is 2. The lowest BCUT2D eigenvalue weighted by Crippen LogP contribution is -2.31. The Labute approximate surface area is 165 Å². The summed E-state index contributed by atoms with van der Waals surface area (Å²) in [5.41, 5.74) is 1.000. The summed E-state index contributed by atoms with van der Waals surface area (Å²) in [7, 11) is 3.55. The van der Waals surface area contributed by atoms with Crippen LogP contribution in [-0.4, -0.2) is 29.2 Å². The van der Waals surface area contributed by atoms with Crippen molar-refractivity contribution in [2.45, 2.75) is 18.9 Å². The van der Waals surface area contributed by atoms with Gasteiger partial charge < -0.3 is 19.4 Å². The van der Waals surface area contributed by atoms with Crippen molar-refractivity contribution >= 4 is 5.91 Å². The van der Waals surface area contributed by atoms with E-state index in [2.05, 4.69) is 10.3 Å². The van der Waals surface area contributed by atoms with Gasteiger partial charge in [0.25, 0.3) is 0 Å². The SMILES string of the molecule is COc1ccc(OCCCC(=O)N[C@@H](c2ccccc2)c2nccn2C)cc1. The van der Waals surface area contributed by atoms with E-state index in [4.69, 9.17) is 9.47 Å². The van der Waals surface area contributed by atoms with Crippen LogP contribution in [-0.2, 0) is 11.8 Å². The van der Waals surface area contributed by atoms with Gasteiger partial charge in [-0.25, -0.2) is 4.98 Å². The lowest BCUT2D eigenvalue weighted by molar-refractivity contribution is -0.121. The second-order valence-electron chi connectivity index (χ2n) is 6.44. The minimum Gasteiger partial charge on any atom is -0.497 e. The number of carbonyl (C=O) groups is 1. The first-order valence-electron chi connectivity index (χ1n) is 9.26. The molecule has 0 bridgehead atoms. The molecule has 0 fully saturated rings. The minimum absolute atomic E-state index is 0.0322. The third-order valence-electron chi connectivity index (χ3n) is 4.43. The smallest absolute Gasteiger partial charge is 0.220 e. The van der Waals surface area contributed by atoms with Crippen LogP contribution in [0, 0.1) is 0 Å². The highest BCUT2D eigenvalue weighted by Gasteiger charge is 2.20. The number of rotatable bonds is 9. The molecule has 6 heteroatoms. The van der Waals surface area contributed by atoms with Crippen molar-refractivity contribution in [1.29, 1.82) is 0 Å². The summed E-state index contributed by atoms with van der Waals surface area (Å²) < 4.78 is 12.7. The summed E-state index contributed by atoms with van der Waals surface area (Å²) in [6.45, 7) is 0.470. The Bertz CT molecular complexity index is 876. The number of nitrogens with zero attached hydrogens (tertiary/aromatic N) is 2. The van der Waals surface area contributed by atoms with E-state index in [-0.39, 0.29) is 11.9 Å². The van der Waals surface area contributed by atoms with Crippen molar-refractivity contribution in [3.05, 3.63) is 78.4 Å². The molecule has 0 unspecified atom stereocenters. The maximum atomic E-state index is 12.5. The summed E-state index contributed by atoms with van der Waals surface area (Å²) in [6.07, 6.45) is 4.62. The zero-order valence-corrected chi connectivity index (χ0v) is 16.2. The fraction of sp³-hybridized carbons (Fsp3) is 0.273. The number of hydrogen-bond acceptors (Lipinski definition) is 4. The zero-order chi connectivity index (χ0) is 19.8. The summed E-state index contributed by atoms with van der Waals surface area (Å²) in [6, 6.07) is 17.0. The molecule has 0 spiro atoms. The number of aromatic nitrogens is 2. The molecule has 146 valence electrons. The number of hydrogen-bond donors (Lipinski definition) is 1. The molecule has 28 heavy (non-hydrogen) atoms. The standard InChI is InChI=1S/C22H25N3O3/c1-25-15-14-23-22(25)21(17-7-4-3-5-8-17)24-20(26)9-6-16-28-19-12-10-18(27-2)11-13-19/h3-5,7-8,10-15,21H,6,9,16H2,1-2H3,(H,24,26)/t21-/m0/s1. The van der Waals surface area contributed by atoms with Crippen LogP contribution in [0.25, 0.3) is 0 Å². The topological polar surface area (TPSA) is 65.4 Å². The maximum absolute atomic E-state index is 12.5. The van der Waals surface area contributed by atoms with Crippen molar-refractivity contribution in [2.75, 3.05) is 13.7 Å². The van der Waals surface area contributed by atoms with Crippen LogP contribution >= 0.6 is 0 Å². The molecule has 3 rings (SSSR count). The van der Waals surface area contributed by atoms with E-state index in [0.717, 1.165) is 22.9 Å². The van der Waals surface area contributed by atoms with Crippen LogP contribution in [0.5, 0.6) is 11.5 Å². The molecule has 0 aliphatic carbocycles. The lowest BCUT2D eigenvalue weighted by atomic mass is 10.1. The van der Waals surface area contributed by atoms with Gasteiger partial charge in [-0.15, -0.1) is 0 Å². The van der Waals surface area contributed by atoms with Crippen molar-refractivity contribution in [3.63, 3.8) is 0 Å². The van der Waals surface area contributed by atoms with E-state index in [1.165, 1.54) is 0 Å². The normalized spacial score (nSPS) is 11.6. The van der Waals surface area contributed by atoms with Gasteiger partial charge in [-0.05, 0) is 36.2 Å². The Balaban J connectivity index is 1.53. The third kappa shape index (κ3) is 5.13. The third-order valence-corrected chi connectivity index (χ3v) is 4.43. The van der Waals surface area contributed by atoms with Gasteiger partial charge in [-0.1, -0.05) is 30.3 Å². The maximum Gasteiger partial charge on any atom is 0.220 e. The lowest BCUT2D eigenvalue weighted by Gasteiger charge is -2.19. The molecule has 3 aromatic rings. The van der Waals surface area contributed by atoms with Crippen molar-refractivity contribution in [1.82, 2.24) is 14.9 Å². The van der Waals surface area contributed by atoms with Gasteiger partial charge in [0.15, 0.2) is 0 Å². The van der Waals surface area contributed by atoms with Crippen LogP contribution < -0.4 is 14.8 Å². The second kappa shape index (κ2) is 9.60. The number of aryl methyl sites for hydroxylation is 1. The first-order chi connectivity index (χ1) is 13.7. The van der Waals surface area contributed by atoms with Gasteiger partial charge in [-0.2, -0.15) is 0 Å².